The van der Waals surface area contributed by atoms with E-state index in [1.807, 2.05) is 12.4 Å². The fraction of sp³-hybridized carbons (Fsp3) is 0.615. The molecule has 92 valence electrons. The first-order valence-electron chi connectivity index (χ1n) is 6.56. The second kappa shape index (κ2) is 4.92. The van der Waals surface area contributed by atoms with Crippen molar-refractivity contribution in [3.63, 3.8) is 0 Å². The number of rotatable bonds is 4. The lowest BCUT2D eigenvalue weighted by atomic mass is 10.3. The van der Waals surface area contributed by atoms with Crippen molar-refractivity contribution in [3.05, 3.63) is 18.5 Å². The number of nitrogens with zero attached hydrogens (tertiary/aromatic N) is 2. The minimum absolute atomic E-state index is 0.901. The Bertz CT molecular complexity index is 369. The Morgan fingerprint density at radius 2 is 2.12 bits per heavy atom. The van der Waals surface area contributed by atoms with Crippen LogP contribution in [0.4, 0.5) is 11.4 Å². The van der Waals surface area contributed by atoms with Crippen molar-refractivity contribution in [2.24, 2.45) is 5.92 Å². The van der Waals surface area contributed by atoms with E-state index in [4.69, 9.17) is 0 Å². The highest BCUT2D eigenvalue weighted by atomic mass is 15.2. The maximum absolute atomic E-state index is 4.33. The summed E-state index contributed by atoms with van der Waals surface area (Å²) in [5.74, 6) is 0.901. The molecule has 0 spiro atoms. The fourth-order valence-electron chi connectivity index (χ4n) is 2.20. The third-order valence-corrected chi connectivity index (χ3v) is 3.50. The van der Waals surface area contributed by atoms with Crippen molar-refractivity contribution in [1.29, 1.82) is 0 Å². The monoisotopic (exact) mass is 232 g/mol. The highest BCUT2D eigenvalue weighted by Crippen LogP contribution is 2.29. The molecule has 1 aliphatic heterocycles. The summed E-state index contributed by atoms with van der Waals surface area (Å²) in [6.07, 6.45) is 6.66. The van der Waals surface area contributed by atoms with Gasteiger partial charge in [-0.25, -0.2) is 0 Å². The van der Waals surface area contributed by atoms with Gasteiger partial charge in [-0.05, 0) is 24.8 Å². The van der Waals surface area contributed by atoms with Crippen LogP contribution in [0.25, 0.3) is 0 Å². The van der Waals surface area contributed by atoms with Crippen molar-refractivity contribution in [2.45, 2.75) is 12.8 Å². The predicted octanol–water partition coefficient (Wildman–Crippen LogP) is 1.31. The number of aromatic nitrogens is 1. The van der Waals surface area contributed by atoms with Crippen LogP contribution in [-0.2, 0) is 0 Å². The molecule has 3 rings (SSSR count). The standard InChI is InChI=1S/C13H20N4/c1-2-11(1)8-16-12-7-13(10-15-9-12)17-5-3-14-4-6-17/h7,9-11,14,16H,1-6,8H2. The predicted molar refractivity (Wildman–Crippen MR) is 70.5 cm³/mol. The second-order valence-corrected chi connectivity index (χ2v) is 4.99. The molecule has 2 fully saturated rings. The van der Waals surface area contributed by atoms with Gasteiger partial charge in [-0.15, -0.1) is 0 Å². The molecule has 1 aliphatic carbocycles. The topological polar surface area (TPSA) is 40.2 Å². The Morgan fingerprint density at radius 1 is 1.29 bits per heavy atom. The van der Waals surface area contributed by atoms with Crippen LogP contribution in [0.15, 0.2) is 18.5 Å². The van der Waals surface area contributed by atoms with Gasteiger partial charge in [-0.2, -0.15) is 0 Å². The van der Waals surface area contributed by atoms with E-state index in [2.05, 4.69) is 26.6 Å². The summed E-state index contributed by atoms with van der Waals surface area (Å²) in [4.78, 5) is 6.73. The average molecular weight is 232 g/mol. The molecule has 0 aromatic carbocycles. The van der Waals surface area contributed by atoms with E-state index >= 15 is 0 Å². The van der Waals surface area contributed by atoms with Crippen molar-refractivity contribution < 1.29 is 0 Å². The Morgan fingerprint density at radius 3 is 2.88 bits per heavy atom. The normalized spacial score (nSPS) is 20.4. The van der Waals surface area contributed by atoms with E-state index < -0.39 is 0 Å². The van der Waals surface area contributed by atoms with Crippen LogP contribution in [0.2, 0.25) is 0 Å². The van der Waals surface area contributed by atoms with E-state index in [1.54, 1.807) is 0 Å². The number of nitrogens with one attached hydrogen (secondary N) is 2. The van der Waals surface area contributed by atoms with Gasteiger partial charge in [0.05, 0.1) is 23.8 Å². The summed E-state index contributed by atoms with van der Waals surface area (Å²) in [6, 6.07) is 2.22. The van der Waals surface area contributed by atoms with Crippen LogP contribution < -0.4 is 15.5 Å². The average Bonchev–Trinajstić information content (AvgIpc) is 3.22. The van der Waals surface area contributed by atoms with Crippen LogP contribution >= 0.6 is 0 Å². The molecule has 1 aromatic heterocycles. The van der Waals surface area contributed by atoms with Crippen LogP contribution in [0, 0.1) is 5.92 Å². The highest BCUT2D eigenvalue weighted by molar-refractivity contribution is 5.55. The van der Waals surface area contributed by atoms with Gasteiger partial charge in [0.1, 0.15) is 0 Å². The van der Waals surface area contributed by atoms with Gasteiger partial charge in [-0.1, -0.05) is 0 Å². The number of piperazine rings is 1. The van der Waals surface area contributed by atoms with Gasteiger partial charge in [0.15, 0.2) is 0 Å². The first-order valence-corrected chi connectivity index (χ1v) is 6.56. The van der Waals surface area contributed by atoms with E-state index in [-0.39, 0.29) is 0 Å². The first kappa shape index (κ1) is 10.8. The largest absolute Gasteiger partial charge is 0.383 e. The summed E-state index contributed by atoms with van der Waals surface area (Å²) in [5.41, 5.74) is 2.40. The molecule has 0 radical (unpaired) electrons. The zero-order valence-electron chi connectivity index (χ0n) is 10.2. The maximum Gasteiger partial charge on any atom is 0.0574 e. The molecule has 2 heterocycles. The van der Waals surface area contributed by atoms with Gasteiger partial charge >= 0.3 is 0 Å². The quantitative estimate of drug-likeness (QED) is 0.821. The number of hydrogen-bond acceptors (Lipinski definition) is 4. The lowest BCUT2D eigenvalue weighted by Crippen LogP contribution is -2.43. The fourth-order valence-corrected chi connectivity index (χ4v) is 2.20. The minimum atomic E-state index is 0.901. The molecule has 2 aliphatic rings. The minimum Gasteiger partial charge on any atom is -0.383 e. The Kier molecular flexibility index (Phi) is 3.14. The lowest BCUT2D eigenvalue weighted by molar-refractivity contribution is 0.589. The zero-order chi connectivity index (χ0) is 11.5. The molecular weight excluding hydrogens is 212 g/mol. The Hall–Kier alpha value is -1.29. The smallest absolute Gasteiger partial charge is 0.0574 e. The third-order valence-electron chi connectivity index (χ3n) is 3.50. The SMILES string of the molecule is c1ncc(N2CCNCC2)cc1NCC1CC1. The Balaban J connectivity index is 1.64. The summed E-state index contributed by atoms with van der Waals surface area (Å²) in [7, 11) is 0. The maximum atomic E-state index is 4.33. The van der Waals surface area contributed by atoms with E-state index in [0.717, 1.165) is 44.3 Å². The van der Waals surface area contributed by atoms with Gasteiger partial charge < -0.3 is 15.5 Å². The first-order chi connectivity index (χ1) is 8.42. The molecule has 1 saturated carbocycles. The summed E-state index contributed by atoms with van der Waals surface area (Å²) in [6.45, 7) is 5.40. The van der Waals surface area contributed by atoms with Gasteiger partial charge in [-0.3, -0.25) is 4.98 Å². The number of hydrogen-bond donors (Lipinski definition) is 2. The zero-order valence-corrected chi connectivity index (χ0v) is 10.2. The van der Waals surface area contributed by atoms with Crippen molar-refractivity contribution in [2.75, 3.05) is 42.9 Å². The van der Waals surface area contributed by atoms with Crippen LogP contribution in [0.3, 0.4) is 0 Å². The molecule has 0 bridgehead atoms. The number of anilines is 2. The molecule has 1 saturated heterocycles. The Labute approximate surface area is 102 Å². The van der Waals surface area contributed by atoms with Crippen molar-refractivity contribution >= 4 is 11.4 Å². The van der Waals surface area contributed by atoms with Gasteiger partial charge in [0.25, 0.3) is 0 Å². The third kappa shape index (κ3) is 2.88. The summed E-state index contributed by atoms with van der Waals surface area (Å²) >= 11 is 0. The lowest BCUT2D eigenvalue weighted by Gasteiger charge is -2.29. The molecule has 0 amide bonds. The molecule has 4 nitrogen and oxygen atoms in total. The van der Waals surface area contributed by atoms with Gasteiger partial charge in [0.2, 0.25) is 0 Å². The van der Waals surface area contributed by atoms with E-state index in [9.17, 15) is 0 Å². The van der Waals surface area contributed by atoms with Crippen LogP contribution in [0.1, 0.15) is 12.8 Å². The molecule has 0 atom stereocenters. The summed E-state index contributed by atoms with van der Waals surface area (Å²) in [5, 5.41) is 6.85. The summed E-state index contributed by atoms with van der Waals surface area (Å²) < 4.78 is 0. The second-order valence-electron chi connectivity index (χ2n) is 4.99. The van der Waals surface area contributed by atoms with E-state index in [0.29, 0.717) is 0 Å². The number of pyridine rings is 1. The van der Waals surface area contributed by atoms with Gasteiger partial charge in [0, 0.05) is 32.7 Å². The molecule has 17 heavy (non-hydrogen) atoms. The highest BCUT2D eigenvalue weighted by Gasteiger charge is 2.20. The molecule has 0 unspecified atom stereocenters. The molecule has 4 heteroatoms. The molecule has 2 N–H and O–H groups in total. The molecular formula is C13H20N4. The van der Waals surface area contributed by atoms with E-state index in [1.165, 1.54) is 18.5 Å². The van der Waals surface area contributed by atoms with Crippen molar-refractivity contribution in [1.82, 2.24) is 10.3 Å². The van der Waals surface area contributed by atoms with Crippen molar-refractivity contribution in [3.8, 4) is 0 Å². The molecule has 1 aromatic rings. The van der Waals surface area contributed by atoms with Crippen LogP contribution in [-0.4, -0.2) is 37.7 Å². The van der Waals surface area contributed by atoms with Crippen LogP contribution in [0.5, 0.6) is 0 Å².